The summed E-state index contributed by atoms with van der Waals surface area (Å²) >= 11 is 0. The largest absolute Gasteiger partial charge is 0.478 e. The molecule has 0 heterocycles. The Morgan fingerprint density at radius 2 is 1.96 bits per heavy atom. The first-order valence-electron chi connectivity index (χ1n) is 8.91. The lowest BCUT2D eigenvalue weighted by Gasteiger charge is -2.31. The molecule has 4 nitrogen and oxygen atoms in total. The van der Waals surface area contributed by atoms with Gasteiger partial charge in [0.1, 0.15) is 5.75 Å². The SMILES string of the molecule is CC(C)C(Oc1cc(C(=O)O)ccc1C(F)(F)F)OC1CC2CCC1C2. The first-order valence-corrected chi connectivity index (χ1v) is 8.91. The van der Waals surface area contributed by atoms with E-state index in [0.29, 0.717) is 11.8 Å². The quantitative estimate of drug-likeness (QED) is 0.717. The summed E-state index contributed by atoms with van der Waals surface area (Å²) in [6.07, 6.45) is -1.20. The lowest BCUT2D eigenvalue weighted by atomic mass is 9.97. The molecule has 0 saturated heterocycles. The number of hydrogen-bond donors (Lipinski definition) is 1. The van der Waals surface area contributed by atoms with E-state index >= 15 is 0 Å². The van der Waals surface area contributed by atoms with Crippen LogP contribution in [0.2, 0.25) is 0 Å². The van der Waals surface area contributed by atoms with Crippen LogP contribution in [0.5, 0.6) is 5.75 Å². The van der Waals surface area contributed by atoms with Crippen molar-refractivity contribution in [3.8, 4) is 5.75 Å². The molecule has 0 amide bonds. The average Bonchev–Trinajstić information content (AvgIpc) is 3.15. The Balaban J connectivity index is 1.83. The summed E-state index contributed by atoms with van der Waals surface area (Å²) in [6, 6.07) is 2.59. The molecule has 0 spiro atoms. The number of fused-ring (bicyclic) bond motifs is 2. The molecule has 26 heavy (non-hydrogen) atoms. The lowest BCUT2D eigenvalue weighted by Crippen LogP contribution is -2.34. The summed E-state index contributed by atoms with van der Waals surface area (Å²) in [5, 5.41) is 9.08. The smallest absolute Gasteiger partial charge is 0.419 e. The van der Waals surface area contributed by atoms with Gasteiger partial charge in [-0.05, 0) is 55.7 Å². The van der Waals surface area contributed by atoms with Crippen molar-refractivity contribution in [1.82, 2.24) is 0 Å². The Kier molecular flexibility index (Phi) is 5.19. The minimum Gasteiger partial charge on any atom is -0.478 e. The molecule has 2 bridgehead atoms. The molecule has 2 aliphatic carbocycles. The van der Waals surface area contributed by atoms with Gasteiger partial charge in [-0.25, -0.2) is 4.79 Å². The third kappa shape index (κ3) is 3.98. The molecule has 0 aliphatic heterocycles. The maximum Gasteiger partial charge on any atom is 0.419 e. The van der Waals surface area contributed by atoms with Crippen LogP contribution in [0.15, 0.2) is 18.2 Å². The molecule has 2 saturated carbocycles. The number of benzene rings is 1. The van der Waals surface area contributed by atoms with E-state index in [0.717, 1.165) is 37.5 Å². The van der Waals surface area contributed by atoms with Crippen LogP contribution in [0.3, 0.4) is 0 Å². The van der Waals surface area contributed by atoms with Crippen LogP contribution in [-0.2, 0) is 10.9 Å². The van der Waals surface area contributed by atoms with Crippen LogP contribution in [0.4, 0.5) is 13.2 Å². The van der Waals surface area contributed by atoms with Gasteiger partial charge in [-0.1, -0.05) is 13.8 Å². The lowest BCUT2D eigenvalue weighted by molar-refractivity contribution is -0.164. The Hall–Kier alpha value is -1.76. The van der Waals surface area contributed by atoms with E-state index in [4.69, 9.17) is 14.6 Å². The zero-order valence-electron chi connectivity index (χ0n) is 14.8. The second kappa shape index (κ2) is 7.10. The van der Waals surface area contributed by atoms with Gasteiger partial charge in [-0.2, -0.15) is 13.2 Å². The van der Waals surface area contributed by atoms with Gasteiger partial charge in [0.25, 0.3) is 0 Å². The molecule has 1 aromatic carbocycles. The summed E-state index contributed by atoms with van der Waals surface area (Å²) in [5.74, 6) is -0.905. The van der Waals surface area contributed by atoms with Crippen LogP contribution in [-0.4, -0.2) is 23.5 Å². The van der Waals surface area contributed by atoms with Crippen LogP contribution < -0.4 is 4.74 Å². The summed E-state index contributed by atoms with van der Waals surface area (Å²) in [4.78, 5) is 11.1. The van der Waals surface area contributed by atoms with E-state index in [-0.39, 0.29) is 17.6 Å². The van der Waals surface area contributed by atoms with Crippen molar-refractivity contribution in [3.63, 3.8) is 0 Å². The summed E-state index contributed by atoms with van der Waals surface area (Å²) < 4.78 is 51.5. The minimum absolute atomic E-state index is 0.00172. The first kappa shape index (κ1) is 19.0. The highest BCUT2D eigenvalue weighted by Gasteiger charge is 2.42. The molecule has 2 aliphatic rings. The number of aromatic carboxylic acids is 1. The van der Waals surface area contributed by atoms with Gasteiger partial charge in [0.05, 0.1) is 17.2 Å². The molecule has 4 unspecified atom stereocenters. The van der Waals surface area contributed by atoms with Crippen molar-refractivity contribution in [3.05, 3.63) is 29.3 Å². The van der Waals surface area contributed by atoms with Crippen LogP contribution >= 0.6 is 0 Å². The Morgan fingerprint density at radius 1 is 1.23 bits per heavy atom. The zero-order valence-corrected chi connectivity index (χ0v) is 14.8. The van der Waals surface area contributed by atoms with Gasteiger partial charge >= 0.3 is 12.1 Å². The highest BCUT2D eigenvalue weighted by molar-refractivity contribution is 5.88. The van der Waals surface area contributed by atoms with Crippen LogP contribution in [0.1, 0.15) is 55.5 Å². The average molecular weight is 372 g/mol. The molecule has 1 N–H and O–H groups in total. The third-order valence-corrected chi connectivity index (χ3v) is 5.30. The zero-order chi connectivity index (χ0) is 19.1. The fourth-order valence-corrected chi connectivity index (χ4v) is 3.96. The number of carboxylic acid groups (broad SMARTS) is 1. The molecular formula is C19H23F3O4. The number of hydrogen-bond acceptors (Lipinski definition) is 3. The van der Waals surface area contributed by atoms with Crippen molar-refractivity contribution >= 4 is 5.97 Å². The van der Waals surface area contributed by atoms with E-state index in [1.165, 1.54) is 6.42 Å². The predicted molar refractivity (Wildman–Crippen MR) is 88.0 cm³/mol. The molecule has 144 valence electrons. The molecule has 0 aromatic heterocycles. The number of ether oxygens (including phenoxy) is 2. The molecule has 7 heteroatoms. The number of carbonyl (C=O) groups is 1. The van der Waals surface area contributed by atoms with Crippen LogP contribution in [0, 0.1) is 17.8 Å². The van der Waals surface area contributed by atoms with E-state index in [2.05, 4.69) is 0 Å². The second-order valence-corrected chi connectivity index (χ2v) is 7.59. The van der Waals surface area contributed by atoms with Crippen molar-refractivity contribution in [2.24, 2.45) is 17.8 Å². The molecule has 3 rings (SSSR count). The first-order chi connectivity index (χ1) is 12.1. The van der Waals surface area contributed by atoms with Crippen molar-refractivity contribution in [1.29, 1.82) is 0 Å². The van der Waals surface area contributed by atoms with E-state index < -0.39 is 29.7 Å². The molecule has 4 atom stereocenters. The van der Waals surface area contributed by atoms with Gasteiger partial charge < -0.3 is 14.6 Å². The van der Waals surface area contributed by atoms with Gasteiger partial charge in [0, 0.05) is 5.92 Å². The van der Waals surface area contributed by atoms with Crippen molar-refractivity contribution < 1.29 is 32.5 Å². The highest BCUT2D eigenvalue weighted by Crippen LogP contribution is 2.47. The minimum atomic E-state index is -4.64. The van der Waals surface area contributed by atoms with E-state index in [1.54, 1.807) is 0 Å². The Bertz CT molecular complexity index is 671. The topological polar surface area (TPSA) is 55.8 Å². The van der Waals surface area contributed by atoms with E-state index in [1.807, 2.05) is 13.8 Å². The van der Waals surface area contributed by atoms with E-state index in [9.17, 15) is 18.0 Å². The Labute approximate surface area is 150 Å². The van der Waals surface area contributed by atoms with Gasteiger partial charge in [-0.3, -0.25) is 0 Å². The number of alkyl halides is 3. The van der Waals surface area contributed by atoms with Crippen molar-refractivity contribution in [2.75, 3.05) is 0 Å². The van der Waals surface area contributed by atoms with Gasteiger partial charge in [0.2, 0.25) is 6.29 Å². The number of rotatable bonds is 6. The predicted octanol–water partition coefficient (Wildman–Crippen LogP) is 4.97. The van der Waals surface area contributed by atoms with Gasteiger partial charge in [0.15, 0.2) is 0 Å². The highest BCUT2D eigenvalue weighted by atomic mass is 19.4. The van der Waals surface area contributed by atoms with Gasteiger partial charge in [-0.15, -0.1) is 0 Å². The normalized spacial score (nSPS) is 26.3. The fourth-order valence-electron chi connectivity index (χ4n) is 3.96. The standard InChI is InChI=1S/C19H23F3O4/c1-10(2)18(25-15-8-11-3-4-12(15)7-11)26-16-9-13(17(23)24)5-6-14(16)19(20,21)22/h5-6,9-12,15,18H,3-4,7-8H2,1-2H3,(H,23,24). The molecular weight excluding hydrogens is 349 g/mol. The molecule has 0 radical (unpaired) electrons. The summed E-state index contributed by atoms with van der Waals surface area (Å²) in [6.45, 7) is 3.62. The summed E-state index contributed by atoms with van der Waals surface area (Å²) in [7, 11) is 0. The maximum atomic E-state index is 13.3. The second-order valence-electron chi connectivity index (χ2n) is 7.59. The van der Waals surface area contributed by atoms with Crippen LogP contribution in [0.25, 0.3) is 0 Å². The molecule has 1 aromatic rings. The fraction of sp³-hybridized carbons (Fsp3) is 0.632. The monoisotopic (exact) mass is 372 g/mol. The van der Waals surface area contributed by atoms with Crippen molar-refractivity contribution in [2.45, 2.75) is 58.1 Å². The maximum absolute atomic E-state index is 13.3. The molecule has 2 fully saturated rings. The summed E-state index contributed by atoms with van der Waals surface area (Å²) in [5.41, 5.74) is -1.25. The Morgan fingerprint density at radius 3 is 2.46 bits per heavy atom. The number of carboxylic acids is 1. The number of halogens is 3. The third-order valence-electron chi connectivity index (χ3n) is 5.30.